The van der Waals surface area contributed by atoms with Crippen molar-refractivity contribution in [3.05, 3.63) is 11.6 Å². The predicted octanol–water partition coefficient (Wildman–Crippen LogP) is 1.96. The average Bonchev–Trinajstić information content (AvgIpc) is 2.17. The highest BCUT2D eigenvalue weighted by Crippen LogP contribution is 2.24. The molecule has 1 fully saturated rings. The van der Waals surface area contributed by atoms with Crippen molar-refractivity contribution in [3.8, 4) is 0 Å². The van der Waals surface area contributed by atoms with Crippen LogP contribution in [0.4, 0.5) is 0 Å². The molecule has 1 amide bonds. The summed E-state index contributed by atoms with van der Waals surface area (Å²) in [7, 11) is 0. The van der Waals surface area contributed by atoms with Gasteiger partial charge < -0.3 is 10.0 Å². The Hall–Kier alpha value is -0.830. The zero-order valence-corrected chi connectivity index (χ0v) is 10.8. The maximum absolute atomic E-state index is 11.9. The van der Waals surface area contributed by atoms with Crippen LogP contribution in [0.15, 0.2) is 11.6 Å². The molecule has 1 saturated heterocycles. The summed E-state index contributed by atoms with van der Waals surface area (Å²) in [6, 6.07) is 0. The highest BCUT2D eigenvalue weighted by atomic mass is 16.3. The van der Waals surface area contributed by atoms with Gasteiger partial charge in [0.25, 0.3) is 0 Å². The molecular formula is C13H23NO2. The number of hydrogen-bond acceptors (Lipinski definition) is 2. The minimum Gasteiger partial charge on any atom is -0.393 e. The quantitative estimate of drug-likeness (QED) is 0.693. The maximum Gasteiger partial charge on any atom is 0.246 e. The van der Waals surface area contributed by atoms with E-state index in [0.717, 1.165) is 5.57 Å². The molecular weight excluding hydrogens is 202 g/mol. The molecule has 0 aromatic carbocycles. The van der Waals surface area contributed by atoms with E-state index < -0.39 is 0 Å². The van der Waals surface area contributed by atoms with E-state index in [1.807, 2.05) is 11.8 Å². The van der Waals surface area contributed by atoms with Gasteiger partial charge in [0.1, 0.15) is 0 Å². The highest BCUT2D eigenvalue weighted by molar-refractivity contribution is 5.88. The fourth-order valence-electron chi connectivity index (χ4n) is 1.58. The van der Waals surface area contributed by atoms with E-state index in [-0.39, 0.29) is 17.4 Å². The van der Waals surface area contributed by atoms with Crippen molar-refractivity contribution in [1.29, 1.82) is 0 Å². The third-order valence-corrected chi connectivity index (χ3v) is 3.30. The Morgan fingerprint density at radius 3 is 2.25 bits per heavy atom. The summed E-state index contributed by atoms with van der Waals surface area (Å²) in [4.78, 5) is 13.8. The molecule has 92 valence electrons. The molecule has 0 unspecified atom stereocenters. The van der Waals surface area contributed by atoms with Crippen molar-refractivity contribution >= 4 is 5.91 Å². The molecule has 0 bridgehead atoms. The van der Waals surface area contributed by atoms with Gasteiger partial charge in [-0.3, -0.25) is 4.79 Å². The zero-order chi connectivity index (χ0) is 12.3. The number of allylic oxidation sites excluding steroid dienone is 1. The lowest BCUT2D eigenvalue weighted by atomic mass is 9.87. The first-order chi connectivity index (χ1) is 7.30. The number of carbonyl (C=O) groups is 1. The average molecular weight is 225 g/mol. The summed E-state index contributed by atoms with van der Waals surface area (Å²) in [5, 5.41) is 9.37. The van der Waals surface area contributed by atoms with Crippen LogP contribution in [0.3, 0.4) is 0 Å². The van der Waals surface area contributed by atoms with Crippen LogP contribution in [0.2, 0.25) is 0 Å². The Labute approximate surface area is 98.1 Å². The van der Waals surface area contributed by atoms with Gasteiger partial charge in [-0.2, -0.15) is 0 Å². The molecule has 3 nitrogen and oxygen atoms in total. The number of aliphatic hydroxyl groups excluding tert-OH is 1. The maximum atomic E-state index is 11.9. The van der Waals surface area contributed by atoms with Crippen molar-refractivity contribution in [2.75, 3.05) is 13.1 Å². The largest absolute Gasteiger partial charge is 0.393 e. The minimum atomic E-state index is -0.225. The Morgan fingerprint density at radius 2 is 1.81 bits per heavy atom. The minimum absolute atomic E-state index is 0.0466. The third kappa shape index (κ3) is 3.63. The first-order valence-corrected chi connectivity index (χ1v) is 5.96. The summed E-state index contributed by atoms with van der Waals surface area (Å²) in [5.41, 5.74) is 1.15. The van der Waals surface area contributed by atoms with E-state index in [1.165, 1.54) is 0 Å². The molecule has 0 spiro atoms. The third-order valence-electron chi connectivity index (χ3n) is 3.30. The predicted molar refractivity (Wildman–Crippen MR) is 65.0 cm³/mol. The number of hydrogen-bond donors (Lipinski definition) is 1. The molecule has 0 aliphatic carbocycles. The molecule has 1 aliphatic heterocycles. The molecule has 1 N–H and O–H groups in total. The van der Waals surface area contributed by atoms with Crippen LogP contribution < -0.4 is 0 Å². The number of piperidine rings is 1. The smallest absolute Gasteiger partial charge is 0.246 e. The lowest BCUT2D eigenvalue weighted by molar-refractivity contribution is -0.128. The molecule has 0 aromatic heterocycles. The van der Waals surface area contributed by atoms with Gasteiger partial charge in [-0.1, -0.05) is 26.3 Å². The zero-order valence-electron chi connectivity index (χ0n) is 10.8. The van der Waals surface area contributed by atoms with E-state index >= 15 is 0 Å². The summed E-state index contributed by atoms with van der Waals surface area (Å²) in [6.07, 6.45) is 2.91. The molecule has 0 atom stereocenters. The molecule has 0 saturated carbocycles. The molecule has 3 heteroatoms. The van der Waals surface area contributed by atoms with Crippen LogP contribution in [0.25, 0.3) is 0 Å². The van der Waals surface area contributed by atoms with E-state index in [0.29, 0.717) is 25.9 Å². The monoisotopic (exact) mass is 225 g/mol. The van der Waals surface area contributed by atoms with Crippen molar-refractivity contribution in [2.24, 2.45) is 5.41 Å². The van der Waals surface area contributed by atoms with E-state index in [4.69, 9.17) is 0 Å². The number of likely N-dealkylation sites (tertiary alicyclic amines) is 1. The number of nitrogens with zero attached hydrogens (tertiary/aromatic N) is 1. The van der Waals surface area contributed by atoms with Gasteiger partial charge in [-0.05, 0) is 25.2 Å². The Bertz CT molecular complexity index is 281. The van der Waals surface area contributed by atoms with Crippen LogP contribution in [0.5, 0.6) is 0 Å². The molecule has 0 radical (unpaired) electrons. The van der Waals surface area contributed by atoms with Gasteiger partial charge in [0, 0.05) is 19.2 Å². The number of carbonyl (C=O) groups excluding carboxylic acids is 1. The van der Waals surface area contributed by atoms with Crippen molar-refractivity contribution in [3.63, 3.8) is 0 Å². The first kappa shape index (κ1) is 13.2. The number of aliphatic hydroxyl groups is 1. The summed E-state index contributed by atoms with van der Waals surface area (Å²) < 4.78 is 0. The second-order valence-electron chi connectivity index (χ2n) is 5.63. The first-order valence-electron chi connectivity index (χ1n) is 5.96. The van der Waals surface area contributed by atoms with E-state index in [1.54, 1.807) is 6.08 Å². The molecule has 1 heterocycles. The second kappa shape index (κ2) is 5.00. The lowest BCUT2D eigenvalue weighted by Gasteiger charge is -2.29. The van der Waals surface area contributed by atoms with E-state index in [9.17, 15) is 9.90 Å². The van der Waals surface area contributed by atoms with Gasteiger partial charge >= 0.3 is 0 Å². The van der Waals surface area contributed by atoms with Crippen LogP contribution in [0.1, 0.15) is 40.5 Å². The molecule has 1 rings (SSSR count). The van der Waals surface area contributed by atoms with Gasteiger partial charge in [0.2, 0.25) is 5.91 Å². The number of amides is 1. The molecule has 0 aromatic rings. The van der Waals surface area contributed by atoms with Crippen LogP contribution >= 0.6 is 0 Å². The second-order valence-corrected chi connectivity index (χ2v) is 5.63. The van der Waals surface area contributed by atoms with Gasteiger partial charge in [0.15, 0.2) is 0 Å². The number of rotatable bonds is 1. The normalized spacial score (nSPS) is 20.1. The van der Waals surface area contributed by atoms with Crippen LogP contribution in [0, 0.1) is 5.41 Å². The van der Waals surface area contributed by atoms with Crippen LogP contribution in [-0.2, 0) is 4.79 Å². The van der Waals surface area contributed by atoms with E-state index in [2.05, 4.69) is 20.8 Å². The fraction of sp³-hybridized carbons (Fsp3) is 0.769. The molecule has 1 aliphatic rings. The summed E-state index contributed by atoms with van der Waals surface area (Å²) in [5.74, 6) is 0.0827. The summed E-state index contributed by atoms with van der Waals surface area (Å²) in [6.45, 7) is 9.66. The Balaban J connectivity index is 2.59. The Kier molecular flexibility index (Phi) is 4.14. The van der Waals surface area contributed by atoms with Crippen molar-refractivity contribution < 1.29 is 9.90 Å². The highest BCUT2D eigenvalue weighted by Gasteiger charge is 2.21. The topological polar surface area (TPSA) is 40.5 Å². The van der Waals surface area contributed by atoms with Crippen molar-refractivity contribution in [2.45, 2.75) is 46.6 Å². The van der Waals surface area contributed by atoms with Crippen LogP contribution in [-0.4, -0.2) is 35.1 Å². The fourth-order valence-corrected chi connectivity index (χ4v) is 1.58. The summed E-state index contributed by atoms with van der Waals surface area (Å²) >= 11 is 0. The molecule has 16 heavy (non-hydrogen) atoms. The van der Waals surface area contributed by atoms with Gasteiger partial charge in [0.05, 0.1) is 6.10 Å². The SMILES string of the molecule is CC(=CC(=O)N1CCC(O)CC1)C(C)(C)C. The Morgan fingerprint density at radius 1 is 1.31 bits per heavy atom. The van der Waals surface area contributed by atoms with Gasteiger partial charge in [-0.15, -0.1) is 0 Å². The van der Waals surface area contributed by atoms with Crippen molar-refractivity contribution in [1.82, 2.24) is 4.90 Å². The van der Waals surface area contributed by atoms with Gasteiger partial charge in [-0.25, -0.2) is 0 Å². The standard InChI is InChI=1S/C13H23NO2/c1-10(13(2,3)4)9-12(16)14-7-5-11(15)6-8-14/h9,11,15H,5-8H2,1-4H3. The lowest BCUT2D eigenvalue weighted by Crippen LogP contribution is -2.39.